The smallest absolute Gasteiger partial charge is 0.394 e. The van der Waals surface area contributed by atoms with Crippen LogP contribution in [-0.4, -0.2) is 112 Å². The van der Waals surface area contributed by atoms with Gasteiger partial charge in [0.1, 0.15) is 42.7 Å². The number of hydrogen-bond donors (Lipinski definition) is 6. The van der Waals surface area contributed by atoms with Crippen LogP contribution in [0.3, 0.4) is 0 Å². The van der Waals surface area contributed by atoms with Crippen LogP contribution in [0.4, 0.5) is 13.2 Å². The molecule has 0 radical (unpaired) electrons. The van der Waals surface area contributed by atoms with Crippen molar-refractivity contribution in [2.24, 2.45) is 0 Å². The summed E-state index contributed by atoms with van der Waals surface area (Å²) < 4.78 is 58.2. The lowest BCUT2D eigenvalue weighted by Crippen LogP contribution is -2.65. The average molecular weight is 394 g/mol. The average Bonchev–Trinajstić information content (AvgIpc) is 2.58. The van der Waals surface area contributed by atoms with Crippen molar-refractivity contribution in [1.29, 1.82) is 0 Å². The van der Waals surface area contributed by atoms with Gasteiger partial charge in [-0.05, 0) is 0 Å². The zero-order valence-electron chi connectivity index (χ0n) is 13.4. The summed E-state index contributed by atoms with van der Waals surface area (Å²) in [6, 6.07) is 0. The van der Waals surface area contributed by atoms with Crippen molar-refractivity contribution >= 4 is 0 Å². The molecule has 0 aliphatic carbocycles. The van der Waals surface area contributed by atoms with Crippen LogP contribution in [0.1, 0.15) is 0 Å². The largest absolute Gasteiger partial charge is 0.417 e. The van der Waals surface area contributed by atoms with Gasteiger partial charge in [-0.2, -0.15) is 13.2 Å². The summed E-state index contributed by atoms with van der Waals surface area (Å²) in [5.74, 6) is 0. The van der Waals surface area contributed by atoms with Gasteiger partial charge < -0.3 is 49.6 Å². The molecule has 2 aliphatic heterocycles. The van der Waals surface area contributed by atoms with Gasteiger partial charge in [-0.15, -0.1) is 0 Å². The molecule has 10 atom stereocenters. The van der Waals surface area contributed by atoms with Gasteiger partial charge in [0.25, 0.3) is 0 Å². The Balaban J connectivity index is 2.18. The number of aliphatic hydroxyl groups excluding tert-OH is 6. The number of rotatable bonds is 4. The molecule has 13 heteroatoms. The lowest BCUT2D eigenvalue weighted by atomic mass is 9.96. The quantitative estimate of drug-likeness (QED) is 0.287. The van der Waals surface area contributed by atoms with Crippen LogP contribution in [-0.2, 0) is 18.9 Å². The van der Waals surface area contributed by atoms with Crippen LogP contribution in [0, 0.1) is 0 Å². The number of ether oxygens (including phenoxy) is 4. The Morgan fingerprint density at radius 1 is 0.846 bits per heavy atom. The van der Waals surface area contributed by atoms with Crippen molar-refractivity contribution in [2.45, 2.75) is 67.6 Å². The Hall–Kier alpha value is -0.610. The normalized spacial score (nSPS) is 47.8. The molecule has 154 valence electrons. The molecular formula is C13H21F3O10. The number of hydrogen-bond acceptors (Lipinski definition) is 10. The van der Waals surface area contributed by atoms with Gasteiger partial charge in [0.05, 0.1) is 6.61 Å². The zero-order chi connectivity index (χ0) is 19.8. The van der Waals surface area contributed by atoms with Gasteiger partial charge in [0.2, 0.25) is 0 Å². The first-order chi connectivity index (χ1) is 12.0. The van der Waals surface area contributed by atoms with Crippen LogP contribution in [0.2, 0.25) is 0 Å². The predicted molar refractivity (Wildman–Crippen MR) is 72.4 cm³/mol. The molecule has 0 aromatic carbocycles. The Bertz CT molecular complexity index is 464. The van der Waals surface area contributed by atoms with E-state index in [2.05, 4.69) is 4.74 Å². The van der Waals surface area contributed by atoms with Gasteiger partial charge in [-0.3, -0.25) is 0 Å². The van der Waals surface area contributed by atoms with Gasteiger partial charge >= 0.3 is 6.18 Å². The molecule has 0 unspecified atom stereocenters. The van der Waals surface area contributed by atoms with Crippen LogP contribution in [0.5, 0.6) is 0 Å². The first-order valence-electron chi connectivity index (χ1n) is 7.60. The Morgan fingerprint density at radius 2 is 1.42 bits per heavy atom. The van der Waals surface area contributed by atoms with Crippen LogP contribution in [0.15, 0.2) is 0 Å². The first kappa shape index (κ1) is 21.7. The molecule has 2 rings (SSSR count). The van der Waals surface area contributed by atoms with E-state index in [-0.39, 0.29) is 0 Å². The van der Waals surface area contributed by atoms with Crippen molar-refractivity contribution in [2.75, 3.05) is 13.7 Å². The standard InChI is InChI=1S/C13H21F3O10/c1-23-11-8(22)5(19)9(3(2-17)24-11)25-12-7(21)4(18)6(20)10(26-12)13(14,15)16/h3-12,17-22H,2H2,1H3/t3-,4-,5-,6-,7-,8-,9-,10-,11+,12-/m1/s1. The van der Waals surface area contributed by atoms with Gasteiger partial charge in [-0.25, -0.2) is 0 Å². The molecule has 2 heterocycles. The topological polar surface area (TPSA) is 158 Å². The van der Waals surface area contributed by atoms with Crippen molar-refractivity contribution in [3.63, 3.8) is 0 Å². The highest BCUT2D eigenvalue weighted by molar-refractivity contribution is 4.95. The number of methoxy groups -OCH3 is 1. The summed E-state index contributed by atoms with van der Waals surface area (Å²) in [6.45, 7) is -0.773. The maximum Gasteiger partial charge on any atom is 0.417 e. The highest BCUT2D eigenvalue weighted by atomic mass is 19.4. The van der Waals surface area contributed by atoms with E-state index in [1.54, 1.807) is 0 Å². The van der Waals surface area contributed by atoms with E-state index in [1.807, 2.05) is 0 Å². The molecule has 0 aromatic heterocycles. The fourth-order valence-electron chi connectivity index (χ4n) is 2.80. The molecule has 0 spiro atoms. The van der Waals surface area contributed by atoms with E-state index >= 15 is 0 Å². The second-order valence-corrected chi connectivity index (χ2v) is 5.98. The lowest BCUT2D eigenvalue weighted by Gasteiger charge is -2.46. The molecule has 0 aromatic rings. The van der Waals surface area contributed by atoms with Crippen molar-refractivity contribution in [3.05, 3.63) is 0 Å². The fraction of sp³-hybridized carbons (Fsp3) is 1.00. The molecule has 10 nitrogen and oxygen atoms in total. The van der Waals surface area contributed by atoms with E-state index < -0.39 is 74.2 Å². The molecule has 6 N–H and O–H groups in total. The molecule has 0 saturated carbocycles. The van der Waals surface area contributed by atoms with E-state index in [0.717, 1.165) is 7.11 Å². The van der Waals surface area contributed by atoms with E-state index in [9.17, 15) is 43.8 Å². The molecular weight excluding hydrogens is 373 g/mol. The highest BCUT2D eigenvalue weighted by Gasteiger charge is 2.57. The van der Waals surface area contributed by atoms with E-state index in [4.69, 9.17) is 14.2 Å². The Kier molecular flexibility index (Phi) is 6.82. The first-order valence-corrected chi connectivity index (χ1v) is 7.60. The monoisotopic (exact) mass is 394 g/mol. The maximum atomic E-state index is 12.9. The second kappa shape index (κ2) is 8.18. The lowest BCUT2D eigenvalue weighted by molar-refractivity contribution is -0.382. The van der Waals surface area contributed by atoms with Crippen molar-refractivity contribution < 1.29 is 62.8 Å². The molecule has 26 heavy (non-hydrogen) atoms. The summed E-state index contributed by atoms with van der Waals surface area (Å²) in [5.41, 5.74) is 0. The third-order valence-electron chi connectivity index (χ3n) is 4.24. The minimum Gasteiger partial charge on any atom is -0.394 e. The van der Waals surface area contributed by atoms with Gasteiger partial charge in [0, 0.05) is 7.11 Å². The third-order valence-corrected chi connectivity index (χ3v) is 4.24. The molecule has 0 amide bonds. The summed E-state index contributed by atoms with van der Waals surface area (Å²) >= 11 is 0. The van der Waals surface area contributed by atoms with Crippen LogP contribution in [0.25, 0.3) is 0 Å². The molecule has 2 saturated heterocycles. The summed E-state index contributed by atoms with van der Waals surface area (Å²) in [6.07, 6.45) is -24.7. The summed E-state index contributed by atoms with van der Waals surface area (Å²) in [4.78, 5) is 0. The van der Waals surface area contributed by atoms with Crippen molar-refractivity contribution in [1.82, 2.24) is 0 Å². The molecule has 2 aliphatic rings. The van der Waals surface area contributed by atoms with Gasteiger partial charge in [-0.1, -0.05) is 0 Å². The minimum absolute atomic E-state index is 0.773. The SMILES string of the molecule is CO[C@H]1O[C@H](CO)[C@@H](O[C@@H]2O[C@@H](C(F)(F)F)[C@H](O)[C@@H](O)[C@H]2O)[C@H](O)[C@H]1O. The number of aliphatic hydroxyl groups is 6. The van der Waals surface area contributed by atoms with Crippen molar-refractivity contribution in [3.8, 4) is 0 Å². The minimum atomic E-state index is -5.08. The second-order valence-electron chi connectivity index (χ2n) is 5.98. The van der Waals surface area contributed by atoms with E-state index in [1.165, 1.54) is 0 Å². The fourth-order valence-corrected chi connectivity index (χ4v) is 2.80. The zero-order valence-corrected chi connectivity index (χ0v) is 13.4. The number of alkyl halides is 3. The van der Waals surface area contributed by atoms with Crippen LogP contribution < -0.4 is 0 Å². The Morgan fingerprint density at radius 3 is 1.92 bits per heavy atom. The molecule has 0 bridgehead atoms. The summed E-state index contributed by atoms with van der Waals surface area (Å²) in [5, 5.41) is 58.2. The third kappa shape index (κ3) is 4.11. The Labute approximate surface area is 145 Å². The van der Waals surface area contributed by atoms with Gasteiger partial charge in [0.15, 0.2) is 18.7 Å². The van der Waals surface area contributed by atoms with E-state index in [0.29, 0.717) is 0 Å². The highest BCUT2D eigenvalue weighted by Crippen LogP contribution is 2.35. The summed E-state index contributed by atoms with van der Waals surface area (Å²) in [7, 11) is 1.15. The maximum absolute atomic E-state index is 12.9. The predicted octanol–water partition coefficient (Wildman–Crippen LogP) is -3.17. The van der Waals surface area contributed by atoms with Crippen LogP contribution >= 0.6 is 0 Å². The molecule has 2 fully saturated rings. The number of halogens is 3.